The molecule has 110 valence electrons. The van der Waals surface area contributed by atoms with Crippen molar-refractivity contribution in [3.05, 3.63) is 65.5 Å². The van der Waals surface area contributed by atoms with Crippen LogP contribution >= 0.6 is 0 Å². The summed E-state index contributed by atoms with van der Waals surface area (Å²) in [6.45, 7) is 2.71. The van der Waals surface area contributed by atoms with E-state index in [1.807, 2.05) is 25.2 Å². The first-order valence-electron chi connectivity index (χ1n) is 7.40. The Kier molecular flexibility index (Phi) is 5.50. The highest BCUT2D eigenvalue weighted by atomic mass is 16.2. The van der Waals surface area contributed by atoms with E-state index < -0.39 is 0 Å². The third-order valence-corrected chi connectivity index (χ3v) is 3.61. The molecular weight excluding hydrogens is 260 g/mol. The summed E-state index contributed by atoms with van der Waals surface area (Å²) in [6.07, 6.45) is 4.12. The van der Waals surface area contributed by atoms with Crippen LogP contribution in [0.3, 0.4) is 0 Å². The van der Waals surface area contributed by atoms with Crippen LogP contribution in [-0.4, -0.2) is 22.8 Å². The van der Waals surface area contributed by atoms with Gasteiger partial charge in [0.25, 0.3) is 0 Å². The summed E-state index contributed by atoms with van der Waals surface area (Å²) in [5, 5.41) is 0. The van der Waals surface area contributed by atoms with Crippen molar-refractivity contribution in [1.82, 2.24) is 9.88 Å². The predicted molar refractivity (Wildman–Crippen MR) is 84.9 cm³/mol. The maximum Gasteiger partial charge on any atom is 0.222 e. The third-order valence-electron chi connectivity index (χ3n) is 3.61. The number of aryl methyl sites for hydroxylation is 2. The van der Waals surface area contributed by atoms with Crippen LogP contribution in [0.25, 0.3) is 0 Å². The predicted octanol–water partition coefficient (Wildman–Crippen LogP) is 3.24. The number of carbonyl (C=O) groups is 1. The summed E-state index contributed by atoms with van der Waals surface area (Å²) in [5.41, 5.74) is 3.46. The lowest BCUT2D eigenvalue weighted by Crippen LogP contribution is -2.26. The van der Waals surface area contributed by atoms with Crippen LogP contribution in [0.2, 0.25) is 0 Å². The highest BCUT2D eigenvalue weighted by Crippen LogP contribution is 2.09. The monoisotopic (exact) mass is 282 g/mol. The van der Waals surface area contributed by atoms with Gasteiger partial charge >= 0.3 is 0 Å². The molecule has 0 unspecified atom stereocenters. The molecule has 2 aromatic rings. The lowest BCUT2D eigenvalue weighted by molar-refractivity contribution is -0.130. The van der Waals surface area contributed by atoms with Crippen LogP contribution in [0.5, 0.6) is 0 Å². The van der Waals surface area contributed by atoms with Crippen LogP contribution in [-0.2, 0) is 24.2 Å². The lowest BCUT2D eigenvalue weighted by atomic mass is 10.1. The zero-order chi connectivity index (χ0) is 15.1. The second kappa shape index (κ2) is 7.58. The van der Waals surface area contributed by atoms with Gasteiger partial charge in [-0.1, -0.05) is 37.3 Å². The molecule has 0 bridgehead atoms. The van der Waals surface area contributed by atoms with Crippen LogP contribution in [0.15, 0.2) is 48.7 Å². The zero-order valence-electron chi connectivity index (χ0n) is 12.7. The van der Waals surface area contributed by atoms with Crippen molar-refractivity contribution in [2.45, 2.75) is 32.7 Å². The topological polar surface area (TPSA) is 33.2 Å². The molecule has 0 spiro atoms. The molecule has 3 heteroatoms. The Hall–Kier alpha value is -2.16. The maximum absolute atomic E-state index is 12.1. The van der Waals surface area contributed by atoms with Gasteiger partial charge in [-0.15, -0.1) is 0 Å². The van der Waals surface area contributed by atoms with Crippen molar-refractivity contribution in [3.63, 3.8) is 0 Å². The van der Waals surface area contributed by atoms with Crippen molar-refractivity contribution < 1.29 is 4.79 Å². The first-order valence-corrected chi connectivity index (χ1v) is 7.40. The van der Waals surface area contributed by atoms with Crippen molar-refractivity contribution in [3.8, 4) is 0 Å². The minimum Gasteiger partial charge on any atom is -0.340 e. The molecule has 0 aliphatic carbocycles. The standard InChI is InChI=1S/C18H22N2O/c1-3-15-7-9-16(10-8-15)11-12-18(21)20(2)14-17-6-4-5-13-19-17/h4-10,13H,3,11-12,14H2,1-2H3. The van der Waals surface area contributed by atoms with E-state index in [0.29, 0.717) is 13.0 Å². The van der Waals surface area contributed by atoms with E-state index in [9.17, 15) is 4.79 Å². The fraction of sp³-hybridized carbons (Fsp3) is 0.333. The summed E-state index contributed by atoms with van der Waals surface area (Å²) in [5.74, 6) is 0.153. The molecule has 0 fully saturated rings. The highest BCUT2D eigenvalue weighted by Gasteiger charge is 2.09. The van der Waals surface area contributed by atoms with Crippen LogP contribution in [0, 0.1) is 0 Å². The number of benzene rings is 1. The van der Waals surface area contributed by atoms with Crippen LogP contribution < -0.4 is 0 Å². The van der Waals surface area contributed by atoms with Gasteiger partial charge in [0, 0.05) is 19.7 Å². The Morgan fingerprint density at radius 2 is 1.81 bits per heavy atom. The fourth-order valence-corrected chi connectivity index (χ4v) is 2.21. The first-order chi connectivity index (χ1) is 10.2. The molecule has 0 aliphatic rings. The number of hydrogen-bond donors (Lipinski definition) is 0. The van der Waals surface area contributed by atoms with Gasteiger partial charge in [-0.05, 0) is 36.1 Å². The summed E-state index contributed by atoms with van der Waals surface area (Å²) < 4.78 is 0. The summed E-state index contributed by atoms with van der Waals surface area (Å²) in [4.78, 5) is 18.1. The average Bonchev–Trinajstić information content (AvgIpc) is 2.54. The third kappa shape index (κ3) is 4.71. The maximum atomic E-state index is 12.1. The Bertz CT molecular complexity index is 564. The van der Waals surface area contributed by atoms with E-state index in [0.717, 1.165) is 18.5 Å². The van der Waals surface area contributed by atoms with Crippen molar-refractivity contribution >= 4 is 5.91 Å². The smallest absolute Gasteiger partial charge is 0.222 e. The average molecular weight is 282 g/mol. The van der Waals surface area contributed by atoms with Crippen LogP contribution in [0.4, 0.5) is 0 Å². The minimum atomic E-state index is 0.153. The highest BCUT2D eigenvalue weighted by molar-refractivity contribution is 5.76. The van der Waals surface area contributed by atoms with Gasteiger partial charge in [-0.2, -0.15) is 0 Å². The number of hydrogen-bond acceptors (Lipinski definition) is 2. The van der Waals surface area contributed by atoms with Gasteiger partial charge < -0.3 is 4.90 Å². The number of nitrogens with zero attached hydrogens (tertiary/aromatic N) is 2. The normalized spacial score (nSPS) is 10.4. The second-order valence-electron chi connectivity index (χ2n) is 5.24. The minimum absolute atomic E-state index is 0.153. The lowest BCUT2D eigenvalue weighted by Gasteiger charge is -2.16. The molecule has 2 rings (SSSR count). The molecule has 0 atom stereocenters. The van der Waals surface area contributed by atoms with Gasteiger partial charge in [0.05, 0.1) is 12.2 Å². The van der Waals surface area contributed by atoms with Crippen molar-refractivity contribution in [1.29, 1.82) is 0 Å². The van der Waals surface area contributed by atoms with Crippen molar-refractivity contribution in [2.24, 2.45) is 0 Å². The molecule has 1 heterocycles. The molecule has 21 heavy (non-hydrogen) atoms. The van der Waals surface area contributed by atoms with E-state index in [4.69, 9.17) is 0 Å². The number of aromatic nitrogens is 1. The summed E-state index contributed by atoms with van der Waals surface area (Å²) in [6, 6.07) is 14.3. The molecule has 0 saturated heterocycles. The van der Waals surface area contributed by atoms with E-state index in [-0.39, 0.29) is 5.91 Å². The Balaban J connectivity index is 1.83. The van der Waals surface area contributed by atoms with Gasteiger partial charge in [0.15, 0.2) is 0 Å². The van der Waals surface area contributed by atoms with Gasteiger partial charge in [-0.3, -0.25) is 9.78 Å². The largest absolute Gasteiger partial charge is 0.340 e. The quantitative estimate of drug-likeness (QED) is 0.815. The van der Waals surface area contributed by atoms with E-state index in [1.165, 1.54) is 11.1 Å². The van der Waals surface area contributed by atoms with E-state index in [1.54, 1.807) is 11.1 Å². The Morgan fingerprint density at radius 3 is 2.43 bits per heavy atom. The van der Waals surface area contributed by atoms with E-state index in [2.05, 4.69) is 36.2 Å². The molecular formula is C18H22N2O. The molecule has 3 nitrogen and oxygen atoms in total. The van der Waals surface area contributed by atoms with Crippen LogP contribution in [0.1, 0.15) is 30.2 Å². The van der Waals surface area contributed by atoms with Crippen molar-refractivity contribution in [2.75, 3.05) is 7.05 Å². The Morgan fingerprint density at radius 1 is 1.10 bits per heavy atom. The first kappa shape index (κ1) is 15.2. The molecule has 0 radical (unpaired) electrons. The number of carbonyl (C=O) groups excluding carboxylic acids is 1. The van der Waals surface area contributed by atoms with Gasteiger partial charge in [-0.25, -0.2) is 0 Å². The number of amides is 1. The second-order valence-corrected chi connectivity index (χ2v) is 5.24. The van der Waals surface area contributed by atoms with E-state index >= 15 is 0 Å². The zero-order valence-corrected chi connectivity index (χ0v) is 12.7. The molecule has 0 saturated carbocycles. The summed E-state index contributed by atoms with van der Waals surface area (Å²) in [7, 11) is 1.83. The molecule has 1 aromatic heterocycles. The molecule has 0 aliphatic heterocycles. The molecule has 0 N–H and O–H groups in total. The fourth-order valence-electron chi connectivity index (χ4n) is 2.21. The number of rotatable bonds is 6. The number of pyridine rings is 1. The molecule has 1 aromatic carbocycles. The van der Waals surface area contributed by atoms with Gasteiger partial charge in [0.1, 0.15) is 0 Å². The SMILES string of the molecule is CCc1ccc(CCC(=O)N(C)Cc2ccccn2)cc1. The van der Waals surface area contributed by atoms with Gasteiger partial charge in [0.2, 0.25) is 5.91 Å². The Labute approximate surface area is 126 Å². The summed E-state index contributed by atoms with van der Waals surface area (Å²) >= 11 is 0. The molecule has 1 amide bonds.